The number of hydrogen-bond acceptors (Lipinski definition) is 5. The highest BCUT2D eigenvalue weighted by Gasteiger charge is 2.29. The zero-order valence-electron chi connectivity index (χ0n) is 12.6. The highest BCUT2D eigenvalue weighted by molar-refractivity contribution is 6.08. The normalized spacial score (nSPS) is 17.4. The highest BCUT2D eigenvalue weighted by atomic mass is 16.5. The second-order valence-corrected chi connectivity index (χ2v) is 5.72. The Morgan fingerprint density at radius 2 is 2.09 bits per heavy atom. The molecule has 22 heavy (non-hydrogen) atoms. The summed E-state index contributed by atoms with van der Waals surface area (Å²) in [4.78, 5) is 23.9. The molecule has 116 valence electrons. The number of Topliss-reactive ketones (excluding diaryl/α,β-unsaturated/α-hetero) is 1. The van der Waals surface area contributed by atoms with E-state index in [1.165, 1.54) is 12.1 Å². The first-order valence-electron chi connectivity index (χ1n) is 7.53. The molecule has 0 amide bonds. The molecule has 0 fully saturated rings. The lowest BCUT2D eigenvalue weighted by molar-refractivity contribution is 0.0867. The Balaban J connectivity index is 2.29. The molecule has 1 unspecified atom stereocenters. The quantitative estimate of drug-likeness (QED) is 0.881. The molecular weight excluding hydrogens is 284 g/mol. The van der Waals surface area contributed by atoms with Gasteiger partial charge >= 0.3 is 5.63 Å². The van der Waals surface area contributed by atoms with E-state index in [2.05, 4.69) is 0 Å². The Morgan fingerprint density at radius 3 is 2.82 bits per heavy atom. The third-order valence-corrected chi connectivity index (χ3v) is 3.93. The lowest BCUT2D eigenvalue weighted by Crippen LogP contribution is -2.24. The van der Waals surface area contributed by atoms with Gasteiger partial charge in [-0.25, -0.2) is 4.79 Å². The van der Waals surface area contributed by atoms with Gasteiger partial charge in [0.1, 0.15) is 28.7 Å². The first-order chi connectivity index (χ1) is 10.5. The molecule has 0 saturated carbocycles. The van der Waals surface area contributed by atoms with Crippen molar-refractivity contribution in [3.8, 4) is 11.5 Å². The van der Waals surface area contributed by atoms with Gasteiger partial charge in [0.15, 0.2) is 5.78 Å². The minimum Gasteiger partial charge on any atom is -0.506 e. The molecule has 3 rings (SSSR count). The van der Waals surface area contributed by atoms with Crippen molar-refractivity contribution in [2.24, 2.45) is 0 Å². The number of phenols is 1. The topological polar surface area (TPSA) is 76.7 Å². The van der Waals surface area contributed by atoms with Crippen LogP contribution >= 0.6 is 0 Å². The van der Waals surface area contributed by atoms with Gasteiger partial charge in [-0.2, -0.15) is 0 Å². The van der Waals surface area contributed by atoms with Crippen LogP contribution in [0.3, 0.4) is 0 Å². The van der Waals surface area contributed by atoms with Crippen LogP contribution in [0.1, 0.15) is 49.0 Å². The van der Waals surface area contributed by atoms with Gasteiger partial charge in [-0.1, -0.05) is 13.3 Å². The van der Waals surface area contributed by atoms with E-state index in [9.17, 15) is 14.7 Å². The summed E-state index contributed by atoms with van der Waals surface area (Å²) >= 11 is 0. The van der Waals surface area contributed by atoms with Crippen LogP contribution in [-0.4, -0.2) is 17.0 Å². The second-order valence-electron chi connectivity index (χ2n) is 5.72. The number of aryl methyl sites for hydroxylation is 1. The van der Waals surface area contributed by atoms with Crippen molar-refractivity contribution >= 4 is 16.8 Å². The van der Waals surface area contributed by atoms with E-state index in [-0.39, 0.29) is 41.0 Å². The van der Waals surface area contributed by atoms with Crippen LogP contribution in [0.4, 0.5) is 0 Å². The first-order valence-corrected chi connectivity index (χ1v) is 7.53. The number of unbranched alkanes of at least 4 members (excludes halogenated alkanes) is 1. The van der Waals surface area contributed by atoms with Crippen molar-refractivity contribution in [3.05, 3.63) is 33.7 Å². The molecule has 1 aromatic carbocycles. The third-order valence-electron chi connectivity index (χ3n) is 3.93. The number of rotatable bonds is 3. The van der Waals surface area contributed by atoms with E-state index in [4.69, 9.17) is 9.15 Å². The van der Waals surface area contributed by atoms with E-state index in [1.54, 1.807) is 6.92 Å². The molecule has 0 radical (unpaired) electrons. The SMILES string of the molecule is CCCCc1cc(=O)oc2cc3c(c(O)c12)C(=O)CC(C)O3. The maximum atomic E-state index is 12.2. The molecule has 0 aliphatic carbocycles. The monoisotopic (exact) mass is 302 g/mol. The van der Waals surface area contributed by atoms with Crippen LogP contribution in [-0.2, 0) is 6.42 Å². The maximum absolute atomic E-state index is 12.2. The fourth-order valence-corrected chi connectivity index (χ4v) is 2.91. The van der Waals surface area contributed by atoms with Crippen molar-refractivity contribution in [3.63, 3.8) is 0 Å². The fourth-order valence-electron chi connectivity index (χ4n) is 2.91. The fraction of sp³-hybridized carbons (Fsp3) is 0.412. The molecule has 2 heterocycles. The molecular formula is C17H18O5. The summed E-state index contributed by atoms with van der Waals surface area (Å²) in [6.07, 6.45) is 2.47. The Morgan fingerprint density at radius 1 is 1.32 bits per heavy atom. The molecule has 1 N–H and O–H groups in total. The number of hydrogen-bond donors (Lipinski definition) is 1. The van der Waals surface area contributed by atoms with Crippen molar-refractivity contribution in [1.29, 1.82) is 0 Å². The van der Waals surface area contributed by atoms with Crippen molar-refractivity contribution in [1.82, 2.24) is 0 Å². The molecule has 5 heteroatoms. The van der Waals surface area contributed by atoms with Crippen molar-refractivity contribution in [2.45, 2.75) is 45.6 Å². The molecule has 2 aromatic rings. The van der Waals surface area contributed by atoms with Crippen LogP contribution in [0.25, 0.3) is 11.0 Å². The highest BCUT2D eigenvalue weighted by Crippen LogP contribution is 2.41. The number of ketones is 1. The van der Waals surface area contributed by atoms with E-state index in [0.29, 0.717) is 17.4 Å². The second kappa shape index (κ2) is 5.48. The average molecular weight is 302 g/mol. The minimum atomic E-state index is -0.465. The van der Waals surface area contributed by atoms with E-state index in [1.807, 2.05) is 6.92 Å². The molecule has 0 saturated heterocycles. The third kappa shape index (κ3) is 2.36. The van der Waals surface area contributed by atoms with Crippen molar-refractivity contribution in [2.75, 3.05) is 0 Å². The summed E-state index contributed by atoms with van der Waals surface area (Å²) in [6.45, 7) is 3.84. The molecule has 1 aliphatic heterocycles. The number of phenolic OH excluding ortho intramolecular Hbond substituents is 1. The van der Waals surface area contributed by atoms with Gasteiger partial charge in [-0.05, 0) is 25.3 Å². The number of benzene rings is 1. The standard InChI is InChI=1S/C17H18O5/c1-3-4-5-10-7-14(19)22-12-8-13-16(17(20)15(10)12)11(18)6-9(2)21-13/h7-9,20H,3-6H2,1-2H3. The molecule has 1 aliphatic rings. The van der Waals surface area contributed by atoms with Gasteiger partial charge in [-0.15, -0.1) is 0 Å². The minimum absolute atomic E-state index is 0.140. The zero-order chi connectivity index (χ0) is 15.9. The lowest BCUT2D eigenvalue weighted by atomic mass is 9.95. The number of carbonyl (C=O) groups excluding carboxylic acids is 1. The van der Waals surface area contributed by atoms with E-state index in [0.717, 1.165) is 12.8 Å². The number of carbonyl (C=O) groups is 1. The van der Waals surface area contributed by atoms with Gasteiger partial charge in [0.25, 0.3) is 0 Å². The molecule has 5 nitrogen and oxygen atoms in total. The summed E-state index contributed by atoms with van der Waals surface area (Å²) in [5.74, 6) is -0.00964. The van der Waals surface area contributed by atoms with Gasteiger partial charge < -0.3 is 14.3 Å². The van der Waals surface area contributed by atoms with Crippen LogP contribution in [0.5, 0.6) is 11.5 Å². The predicted octanol–water partition coefficient (Wildman–Crippen LogP) is 3.19. The molecule has 1 atom stereocenters. The lowest BCUT2D eigenvalue weighted by Gasteiger charge is -2.23. The summed E-state index contributed by atoms with van der Waals surface area (Å²) in [5.41, 5.74) is 0.696. The Kier molecular flexibility index (Phi) is 3.64. The summed E-state index contributed by atoms with van der Waals surface area (Å²) in [5, 5.41) is 11.0. The van der Waals surface area contributed by atoms with Crippen LogP contribution in [0.15, 0.2) is 21.3 Å². The molecule has 0 spiro atoms. The average Bonchev–Trinajstić information content (AvgIpc) is 2.43. The van der Waals surface area contributed by atoms with Gasteiger partial charge in [-0.3, -0.25) is 4.79 Å². The summed E-state index contributed by atoms with van der Waals surface area (Å²) in [7, 11) is 0. The van der Waals surface area contributed by atoms with E-state index < -0.39 is 5.63 Å². The Hall–Kier alpha value is -2.30. The van der Waals surface area contributed by atoms with E-state index >= 15 is 0 Å². The Bertz CT molecular complexity index is 803. The number of fused-ring (bicyclic) bond motifs is 2. The number of aromatic hydroxyl groups is 1. The largest absolute Gasteiger partial charge is 0.506 e. The summed E-state index contributed by atoms with van der Waals surface area (Å²) in [6, 6.07) is 2.93. The number of ether oxygens (including phenoxy) is 1. The van der Waals surface area contributed by atoms with Crippen LogP contribution in [0, 0.1) is 0 Å². The summed E-state index contributed by atoms with van der Waals surface area (Å²) < 4.78 is 10.8. The van der Waals surface area contributed by atoms with Gasteiger partial charge in [0.05, 0.1) is 5.39 Å². The Labute approximate surface area is 127 Å². The zero-order valence-corrected chi connectivity index (χ0v) is 12.6. The predicted molar refractivity (Wildman–Crippen MR) is 81.8 cm³/mol. The van der Waals surface area contributed by atoms with Crippen LogP contribution < -0.4 is 10.4 Å². The van der Waals surface area contributed by atoms with Gasteiger partial charge in [0, 0.05) is 18.6 Å². The molecule has 0 bridgehead atoms. The van der Waals surface area contributed by atoms with Gasteiger partial charge in [0.2, 0.25) is 0 Å². The smallest absolute Gasteiger partial charge is 0.336 e. The van der Waals surface area contributed by atoms with Crippen LogP contribution in [0.2, 0.25) is 0 Å². The maximum Gasteiger partial charge on any atom is 0.336 e. The van der Waals surface area contributed by atoms with Crippen molar-refractivity contribution < 1.29 is 19.1 Å². The first kappa shape index (κ1) is 14.6. The molecule has 1 aromatic heterocycles.